The number of carbonyl (C=O) groups excluding carboxylic acids is 1. The van der Waals surface area contributed by atoms with E-state index in [0.29, 0.717) is 24.0 Å². The average Bonchev–Trinajstić information content (AvgIpc) is 2.82. The van der Waals surface area contributed by atoms with Crippen molar-refractivity contribution in [2.75, 3.05) is 12.3 Å². The number of nitrogens with zero attached hydrogens (tertiary/aromatic N) is 1. The Balaban J connectivity index is 2.04. The lowest BCUT2D eigenvalue weighted by Gasteiger charge is -2.11. The number of sulfone groups is 1. The number of hydrogen-bond acceptors (Lipinski definition) is 5. The number of nitrogens with two attached hydrogens (primary N) is 1. The molecule has 0 aromatic heterocycles. The molecule has 0 spiro atoms. The Morgan fingerprint density at radius 1 is 1.43 bits per heavy atom. The minimum absolute atomic E-state index is 0.0944. The van der Waals surface area contributed by atoms with Crippen molar-refractivity contribution >= 4 is 21.6 Å². The van der Waals surface area contributed by atoms with Gasteiger partial charge in [-0.3, -0.25) is 4.79 Å². The van der Waals surface area contributed by atoms with Crippen molar-refractivity contribution in [2.45, 2.75) is 18.1 Å². The van der Waals surface area contributed by atoms with Crippen LogP contribution in [0.2, 0.25) is 0 Å². The Kier molecular flexibility index (Phi) is 4.46. The van der Waals surface area contributed by atoms with Gasteiger partial charge >= 0.3 is 0 Å². The summed E-state index contributed by atoms with van der Waals surface area (Å²) >= 11 is 0. The zero-order chi connectivity index (χ0) is 15.5. The van der Waals surface area contributed by atoms with Gasteiger partial charge in [0.1, 0.15) is 0 Å². The van der Waals surface area contributed by atoms with E-state index in [1.807, 2.05) is 0 Å². The number of oxime groups is 1. The molecule has 1 aliphatic rings. The summed E-state index contributed by atoms with van der Waals surface area (Å²) in [5.41, 5.74) is 6.20. The van der Waals surface area contributed by atoms with Gasteiger partial charge in [0.15, 0.2) is 15.7 Å². The summed E-state index contributed by atoms with van der Waals surface area (Å²) in [7, 11) is -3.08. The first kappa shape index (κ1) is 15.3. The van der Waals surface area contributed by atoms with Crippen LogP contribution in [0.15, 0.2) is 29.4 Å². The van der Waals surface area contributed by atoms with Crippen LogP contribution in [0.1, 0.15) is 28.8 Å². The van der Waals surface area contributed by atoms with Crippen LogP contribution in [-0.4, -0.2) is 42.9 Å². The Hall–Kier alpha value is -2.09. The molecule has 0 saturated carbocycles. The lowest BCUT2D eigenvalue weighted by molar-refractivity contribution is 0.0953. The molecule has 1 heterocycles. The van der Waals surface area contributed by atoms with Crippen molar-refractivity contribution in [2.24, 2.45) is 10.9 Å². The van der Waals surface area contributed by atoms with Gasteiger partial charge in [0.05, 0.1) is 11.0 Å². The highest BCUT2D eigenvalue weighted by atomic mass is 32.2. The molecule has 0 aliphatic carbocycles. The van der Waals surface area contributed by atoms with Crippen molar-refractivity contribution in [1.29, 1.82) is 0 Å². The highest BCUT2D eigenvalue weighted by molar-refractivity contribution is 7.92. The lowest BCUT2D eigenvalue weighted by atomic mass is 10.1. The summed E-state index contributed by atoms with van der Waals surface area (Å²) in [4.78, 5) is 12.0. The number of hydrogen-bond donors (Lipinski definition) is 3. The second-order valence-corrected chi connectivity index (χ2v) is 7.31. The van der Waals surface area contributed by atoms with Gasteiger partial charge in [-0.15, -0.1) is 0 Å². The topological polar surface area (TPSA) is 122 Å². The summed E-state index contributed by atoms with van der Waals surface area (Å²) in [6, 6.07) is 6.27. The molecule has 7 nitrogen and oxygen atoms in total. The van der Waals surface area contributed by atoms with Gasteiger partial charge in [0.25, 0.3) is 5.91 Å². The molecule has 0 bridgehead atoms. The van der Waals surface area contributed by atoms with Crippen LogP contribution in [0.5, 0.6) is 0 Å². The lowest BCUT2D eigenvalue weighted by Crippen LogP contribution is -2.34. The van der Waals surface area contributed by atoms with Crippen LogP contribution in [0.3, 0.4) is 0 Å². The van der Waals surface area contributed by atoms with Gasteiger partial charge in [-0.05, 0) is 25.0 Å². The minimum atomic E-state index is -3.08. The molecule has 1 amide bonds. The summed E-state index contributed by atoms with van der Waals surface area (Å²) in [5.74, 6) is -0.292. The SMILES string of the molecule is N/C(=N/O)c1cccc(C(=O)NCC2CCCS2(=O)=O)c1. The number of amides is 1. The molecule has 1 fully saturated rings. The smallest absolute Gasteiger partial charge is 0.251 e. The third kappa shape index (κ3) is 3.52. The molecular formula is C13H17N3O4S. The molecule has 114 valence electrons. The van der Waals surface area contributed by atoms with Gasteiger partial charge in [-0.25, -0.2) is 8.42 Å². The number of benzene rings is 1. The van der Waals surface area contributed by atoms with Crippen molar-refractivity contribution < 1.29 is 18.4 Å². The first-order valence-electron chi connectivity index (χ1n) is 6.52. The third-order valence-electron chi connectivity index (χ3n) is 3.48. The molecule has 0 radical (unpaired) electrons. The van der Waals surface area contributed by atoms with E-state index in [2.05, 4.69) is 10.5 Å². The molecule has 21 heavy (non-hydrogen) atoms. The van der Waals surface area contributed by atoms with Crippen LogP contribution < -0.4 is 11.1 Å². The van der Waals surface area contributed by atoms with Crippen molar-refractivity contribution in [1.82, 2.24) is 5.32 Å². The van der Waals surface area contributed by atoms with E-state index < -0.39 is 15.1 Å². The van der Waals surface area contributed by atoms with Gasteiger partial charge in [-0.1, -0.05) is 17.3 Å². The maximum Gasteiger partial charge on any atom is 0.251 e. The van der Waals surface area contributed by atoms with Crippen LogP contribution >= 0.6 is 0 Å². The van der Waals surface area contributed by atoms with E-state index in [0.717, 1.165) is 0 Å². The molecule has 2 rings (SSSR count). The van der Waals surface area contributed by atoms with Crippen molar-refractivity contribution in [3.63, 3.8) is 0 Å². The highest BCUT2D eigenvalue weighted by Gasteiger charge is 2.31. The predicted octanol–water partition coefficient (Wildman–Crippen LogP) is 0.0881. The van der Waals surface area contributed by atoms with E-state index in [4.69, 9.17) is 10.9 Å². The zero-order valence-corrected chi connectivity index (χ0v) is 12.1. The number of rotatable bonds is 4. The number of carbonyl (C=O) groups is 1. The van der Waals surface area contributed by atoms with Gasteiger partial charge in [-0.2, -0.15) is 0 Å². The van der Waals surface area contributed by atoms with E-state index >= 15 is 0 Å². The summed E-state index contributed by atoms with van der Waals surface area (Å²) in [5, 5.41) is 13.6. The maximum absolute atomic E-state index is 12.0. The Labute approximate surface area is 122 Å². The molecular weight excluding hydrogens is 294 g/mol. The highest BCUT2D eigenvalue weighted by Crippen LogP contribution is 2.19. The quantitative estimate of drug-likeness (QED) is 0.315. The number of amidine groups is 1. The van der Waals surface area contributed by atoms with Gasteiger partial charge in [0, 0.05) is 17.7 Å². The van der Waals surface area contributed by atoms with Gasteiger partial charge < -0.3 is 16.3 Å². The third-order valence-corrected chi connectivity index (χ3v) is 5.76. The van der Waals surface area contributed by atoms with Gasteiger partial charge in [0.2, 0.25) is 0 Å². The molecule has 1 unspecified atom stereocenters. The number of nitrogens with one attached hydrogen (secondary N) is 1. The molecule has 1 atom stereocenters. The Bertz CT molecular complexity index is 670. The monoisotopic (exact) mass is 311 g/mol. The van der Waals surface area contributed by atoms with E-state index in [9.17, 15) is 13.2 Å². The Morgan fingerprint density at radius 2 is 2.14 bits per heavy atom. The first-order valence-corrected chi connectivity index (χ1v) is 8.23. The fourth-order valence-corrected chi connectivity index (χ4v) is 4.04. The molecule has 1 saturated heterocycles. The van der Waals surface area contributed by atoms with Crippen LogP contribution in [0.4, 0.5) is 0 Å². The standard InChI is InChI=1S/C13H17N3O4S/c14-12(16-18)9-3-1-4-10(7-9)13(17)15-8-11-5-2-6-21(11,19)20/h1,3-4,7,11,18H,2,5-6,8H2,(H2,14,16)(H,15,17). The fraction of sp³-hybridized carbons (Fsp3) is 0.385. The van der Waals surface area contributed by atoms with Crippen LogP contribution in [0, 0.1) is 0 Å². The van der Waals surface area contributed by atoms with Crippen LogP contribution in [0.25, 0.3) is 0 Å². The fourth-order valence-electron chi connectivity index (χ4n) is 2.27. The van der Waals surface area contributed by atoms with Crippen molar-refractivity contribution in [3.05, 3.63) is 35.4 Å². The summed E-state index contributed by atoms with van der Waals surface area (Å²) < 4.78 is 23.4. The maximum atomic E-state index is 12.0. The van der Waals surface area contributed by atoms with E-state index in [-0.39, 0.29) is 24.0 Å². The molecule has 1 aromatic rings. The summed E-state index contributed by atoms with van der Waals surface area (Å²) in [6.07, 6.45) is 1.22. The molecule has 1 aromatic carbocycles. The largest absolute Gasteiger partial charge is 0.409 e. The van der Waals surface area contributed by atoms with E-state index in [1.54, 1.807) is 18.2 Å². The van der Waals surface area contributed by atoms with Crippen LogP contribution in [-0.2, 0) is 9.84 Å². The molecule has 4 N–H and O–H groups in total. The summed E-state index contributed by atoms with van der Waals surface area (Å²) in [6.45, 7) is 0.106. The second-order valence-electron chi connectivity index (χ2n) is 4.91. The minimum Gasteiger partial charge on any atom is -0.409 e. The van der Waals surface area contributed by atoms with E-state index in [1.165, 1.54) is 6.07 Å². The first-order chi connectivity index (χ1) is 9.94. The average molecular weight is 311 g/mol. The van der Waals surface area contributed by atoms with Crippen molar-refractivity contribution in [3.8, 4) is 0 Å². The Morgan fingerprint density at radius 3 is 2.76 bits per heavy atom. The normalized spacial score (nSPS) is 21.1. The predicted molar refractivity (Wildman–Crippen MR) is 78.1 cm³/mol. The molecule has 1 aliphatic heterocycles. The zero-order valence-electron chi connectivity index (χ0n) is 11.3. The second kappa shape index (κ2) is 6.13. The molecule has 8 heteroatoms.